The van der Waals surface area contributed by atoms with Crippen molar-refractivity contribution in [2.24, 2.45) is 0 Å². The Balaban J connectivity index is 2.72. The van der Waals surface area contributed by atoms with Crippen molar-refractivity contribution < 1.29 is 22.3 Å². The lowest BCUT2D eigenvalue weighted by Crippen LogP contribution is -2.35. The van der Waals surface area contributed by atoms with Crippen LogP contribution in [0.5, 0.6) is 5.88 Å². The van der Waals surface area contributed by atoms with E-state index in [1.54, 1.807) is 0 Å². The van der Waals surface area contributed by atoms with E-state index >= 15 is 0 Å². The minimum absolute atomic E-state index is 0.00896. The van der Waals surface area contributed by atoms with Crippen molar-refractivity contribution in [1.82, 2.24) is 9.97 Å². The summed E-state index contributed by atoms with van der Waals surface area (Å²) in [5.74, 6) is -3.64. The number of aryl methyl sites for hydroxylation is 1. The highest BCUT2D eigenvalue weighted by Gasteiger charge is 2.40. The molecule has 1 aromatic rings. The van der Waals surface area contributed by atoms with Gasteiger partial charge in [-0.15, -0.1) is 0 Å². The predicted octanol–water partition coefficient (Wildman–Crippen LogP) is 2.11. The maximum absolute atomic E-state index is 12.6. The highest BCUT2D eigenvalue weighted by atomic mass is 19.3. The fraction of sp³-hybridized carbons (Fsp3) is 0.556. The van der Waals surface area contributed by atoms with Gasteiger partial charge in [0.05, 0.1) is 13.7 Å². The molecule has 0 atom stereocenters. The molecule has 0 radical (unpaired) electrons. The summed E-state index contributed by atoms with van der Waals surface area (Å²) in [6.45, 7) is 0.323. The van der Waals surface area contributed by atoms with Crippen LogP contribution in [-0.4, -0.2) is 36.0 Å². The number of rotatable bonds is 5. The molecule has 4 nitrogen and oxygen atoms in total. The molecule has 0 spiro atoms. The molecule has 0 saturated carbocycles. The van der Waals surface area contributed by atoms with Crippen LogP contribution in [0.2, 0.25) is 0 Å². The van der Waals surface area contributed by atoms with E-state index in [9.17, 15) is 17.6 Å². The van der Waals surface area contributed by atoms with Crippen LogP contribution < -0.4 is 10.1 Å². The first-order valence-electron chi connectivity index (χ1n) is 4.64. The number of aromatic nitrogens is 2. The third-order valence-corrected chi connectivity index (χ3v) is 1.85. The van der Waals surface area contributed by atoms with Gasteiger partial charge in [0.15, 0.2) is 0 Å². The number of hydrogen-bond acceptors (Lipinski definition) is 4. The monoisotopic (exact) mass is 253 g/mol. The van der Waals surface area contributed by atoms with E-state index in [1.807, 2.05) is 0 Å². The molecule has 1 aromatic heterocycles. The number of halogens is 4. The van der Waals surface area contributed by atoms with Crippen molar-refractivity contribution in [3.63, 3.8) is 0 Å². The lowest BCUT2D eigenvalue weighted by atomic mass is 10.3. The second-order valence-corrected chi connectivity index (χ2v) is 3.26. The van der Waals surface area contributed by atoms with Gasteiger partial charge in [-0.2, -0.15) is 13.8 Å². The van der Waals surface area contributed by atoms with Crippen LogP contribution in [0.1, 0.15) is 5.82 Å². The summed E-state index contributed by atoms with van der Waals surface area (Å²) in [7, 11) is 1.35. The second kappa shape index (κ2) is 5.15. The smallest absolute Gasteiger partial charge is 0.324 e. The maximum atomic E-state index is 12.6. The molecule has 0 unspecified atom stereocenters. The highest BCUT2D eigenvalue weighted by molar-refractivity contribution is 5.38. The SMILES string of the molecule is COc1cc(NCC(F)(F)C(F)F)nc(C)n1. The van der Waals surface area contributed by atoms with Crippen molar-refractivity contribution >= 4 is 5.82 Å². The summed E-state index contributed by atoms with van der Waals surface area (Å²) in [6, 6.07) is 1.24. The summed E-state index contributed by atoms with van der Waals surface area (Å²) < 4.78 is 53.8. The van der Waals surface area contributed by atoms with E-state index in [2.05, 4.69) is 15.3 Å². The van der Waals surface area contributed by atoms with Gasteiger partial charge in [0.25, 0.3) is 0 Å². The number of anilines is 1. The van der Waals surface area contributed by atoms with Crippen molar-refractivity contribution in [3.8, 4) is 5.88 Å². The van der Waals surface area contributed by atoms with Gasteiger partial charge in [-0.3, -0.25) is 0 Å². The number of ether oxygens (including phenoxy) is 1. The molecule has 0 saturated heterocycles. The highest BCUT2D eigenvalue weighted by Crippen LogP contribution is 2.23. The number of methoxy groups -OCH3 is 1. The molecular formula is C9H11F4N3O. The Bertz CT molecular complexity index is 387. The van der Waals surface area contributed by atoms with E-state index in [0.29, 0.717) is 0 Å². The Hall–Kier alpha value is -1.60. The Kier molecular flexibility index (Phi) is 4.08. The van der Waals surface area contributed by atoms with E-state index in [4.69, 9.17) is 4.74 Å². The molecular weight excluding hydrogens is 242 g/mol. The zero-order chi connectivity index (χ0) is 13.1. The average Bonchev–Trinajstić information content (AvgIpc) is 2.25. The quantitative estimate of drug-likeness (QED) is 0.816. The summed E-state index contributed by atoms with van der Waals surface area (Å²) in [5.41, 5.74) is 0. The van der Waals surface area contributed by atoms with Crippen LogP contribution in [0.15, 0.2) is 6.07 Å². The molecule has 0 aromatic carbocycles. The van der Waals surface area contributed by atoms with Crippen LogP contribution in [-0.2, 0) is 0 Å². The average molecular weight is 253 g/mol. The first-order valence-corrected chi connectivity index (χ1v) is 4.64. The van der Waals surface area contributed by atoms with E-state index in [-0.39, 0.29) is 17.5 Å². The van der Waals surface area contributed by atoms with Gasteiger partial charge in [-0.25, -0.2) is 13.8 Å². The minimum Gasteiger partial charge on any atom is -0.481 e. The van der Waals surface area contributed by atoms with E-state index in [1.165, 1.54) is 20.1 Å². The Morgan fingerprint density at radius 3 is 2.59 bits per heavy atom. The van der Waals surface area contributed by atoms with Gasteiger partial charge in [0, 0.05) is 6.07 Å². The fourth-order valence-corrected chi connectivity index (χ4v) is 1.02. The lowest BCUT2D eigenvalue weighted by molar-refractivity contribution is -0.117. The van der Waals surface area contributed by atoms with Crippen LogP contribution >= 0.6 is 0 Å². The molecule has 0 bridgehead atoms. The lowest BCUT2D eigenvalue weighted by Gasteiger charge is -2.16. The Morgan fingerprint density at radius 2 is 2.06 bits per heavy atom. The third kappa shape index (κ3) is 3.72. The zero-order valence-corrected chi connectivity index (χ0v) is 9.18. The van der Waals surface area contributed by atoms with Gasteiger partial charge in [-0.1, -0.05) is 0 Å². The first kappa shape index (κ1) is 13.5. The summed E-state index contributed by atoms with van der Waals surface area (Å²) in [6.07, 6.45) is -3.72. The minimum atomic E-state index is -4.11. The fourth-order valence-electron chi connectivity index (χ4n) is 1.02. The van der Waals surface area contributed by atoms with Crippen LogP contribution in [0.4, 0.5) is 23.4 Å². The van der Waals surface area contributed by atoms with Crippen molar-refractivity contribution in [1.29, 1.82) is 0 Å². The molecule has 8 heteroatoms. The normalized spacial score (nSPS) is 11.7. The van der Waals surface area contributed by atoms with Gasteiger partial charge in [0.2, 0.25) is 5.88 Å². The summed E-state index contributed by atoms with van der Waals surface area (Å²) >= 11 is 0. The number of alkyl halides is 4. The van der Waals surface area contributed by atoms with Gasteiger partial charge in [-0.05, 0) is 6.92 Å². The molecule has 17 heavy (non-hydrogen) atoms. The maximum Gasteiger partial charge on any atom is 0.324 e. The molecule has 0 fully saturated rings. The van der Waals surface area contributed by atoms with Gasteiger partial charge >= 0.3 is 12.3 Å². The second-order valence-electron chi connectivity index (χ2n) is 3.26. The van der Waals surface area contributed by atoms with Crippen molar-refractivity contribution in [2.45, 2.75) is 19.3 Å². The first-order chi connectivity index (χ1) is 7.85. The molecule has 1 N–H and O–H groups in total. The topological polar surface area (TPSA) is 47.0 Å². The largest absolute Gasteiger partial charge is 0.481 e. The molecule has 0 aliphatic carbocycles. The summed E-state index contributed by atoms with van der Waals surface area (Å²) in [5, 5.41) is 2.12. The molecule has 0 aliphatic rings. The van der Waals surface area contributed by atoms with Crippen molar-refractivity contribution in [3.05, 3.63) is 11.9 Å². The standard InChI is InChI=1S/C9H11F4N3O/c1-5-15-6(3-7(16-5)17-2)14-4-9(12,13)8(10)11/h3,8H,4H2,1-2H3,(H,14,15,16). The van der Waals surface area contributed by atoms with Gasteiger partial charge < -0.3 is 10.1 Å². The van der Waals surface area contributed by atoms with Crippen LogP contribution in [0.3, 0.4) is 0 Å². The summed E-state index contributed by atoms with van der Waals surface area (Å²) in [4.78, 5) is 7.59. The van der Waals surface area contributed by atoms with E-state index < -0.39 is 18.9 Å². The Labute approximate surface area is 95.0 Å². The zero-order valence-electron chi connectivity index (χ0n) is 9.18. The van der Waals surface area contributed by atoms with E-state index in [0.717, 1.165) is 0 Å². The van der Waals surface area contributed by atoms with Crippen LogP contribution in [0, 0.1) is 6.92 Å². The van der Waals surface area contributed by atoms with Gasteiger partial charge in [0.1, 0.15) is 11.6 Å². The number of nitrogens with zero attached hydrogens (tertiary/aromatic N) is 2. The Morgan fingerprint density at radius 1 is 1.41 bits per heavy atom. The molecule has 0 aliphatic heterocycles. The predicted molar refractivity (Wildman–Crippen MR) is 52.8 cm³/mol. The third-order valence-electron chi connectivity index (χ3n) is 1.85. The van der Waals surface area contributed by atoms with Crippen LogP contribution in [0.25, 0.3) is 0 Å². The molecule has 1 heterocycles. The molecule has 0 amide bonds. The number of hydrogen-bond donors (Lipinski definition) is 1. The number of nitrogens with one attached hydrogen (secondary N) is 1. The molecule has 1 rings (SSSR count). The van der Waals surface area contributed by atoms with Crippen molar-refractivity contribution in [2.75, 3.05) is 19.0 Å². The molecule has 96 valence electrons.